The second-order valence-electron chi connectivity index (χ2n) is 9.39. The van der Waals surface area contributed by atoms with Gasteiger partial charge >= 0.3 is 6.03 Å². The number of carbonyl (C=O) groups is 2. The van der Waals surface area contributed by atoms with Crippen LogP contribution in [-0.4, -0.2) is 49.1 Å². The minimum absolute atomic E-state index is 0.152. The molecule has 38 heavy (non-hydrogen) atoms. The van der Waals surface area contributed by atoms with E-state index in [2.05, 4.69) is 20.9 Å². The third-order valence-corrected chi connectivity index (χ3v) is 6.33. The summed E-state index contributed by atoms with van der Waals surface area (Å²) in [6.07, 6.45) is 7.30. The highest BCUT2D eigenvalue weighted by molar-refractivity contribution is 5.90. The van der Waals surface area contributed by atoms with Gasteiger partial charge in [0.2, 0.25) is 5.91 Å². The normalized spacial score (nSPS) is 14.2. The third-order valence-electron chi connectivity index (χ3n) is 6.33. The van der Waals surface area contributed by atoms with Gasteiger partial charge in [0.05, 0.1) is 6.04 Å². The van der Waals surface area contributed by atoms with Crippen molar-refractivity contribution in [2.75, 3.05) is 31.5 Å². The summed E-state index contributed by atoms with van der Waals surface area (Å²) in [6, 6.07) is 25.9. The molecule has 3 amide bonds. The second kappa shape index (κ2) is 14.6. The molecule has 1 saturated heterocycles. The smallest absolute Gasteiger partial charge is 0.319 e. The molecule has 3 aromatic rings. The quantitative estimate of drug-likeness (QED) is 0.225. The van der Waals surface area contributed by atoms with Crippen LogP contribution in [0.1, 0.15) is 24.8 Å². The van der Waals surface area contributed by atoms with Gasteiger partial charge in [-0.25, -0.2) is 4.79 Å². The number of hydrogen-bond acceptors (Lipinski definition) is 4. The first-order chi connectivity index (χ1) is 18.6. The molecular weight excluding hydrogens is 476 g/mol. The average Bonchev–Trinajstić information content (AvgIpc) is 3.46. The monoisotopic (exact) mass is 512 g/mol. The first-order valence-electron chi connectivity index (χ1n) is 13.3. The van der Waals surface area contributed by atoms with Crippen molar-refractivity contribution >= 4 is 17.6 Å². The van der Waals surface area contributed by atoms with E-state index in [4.69, 9.17) is 4.74 Å². The Hall–Kier alpha value is -4.10. The predicted octanol–water partition coefficient (Wildman–Crippen LogP) is 5.37. The molecule has 3 aromatic carbocycles. The van der Waals surface area contributed by atoms with Crippen LogP contribution in [0.5, 0.6) is 11.5 Å². The molecule has 7 heteroatoms. The zero-order valence-electron chi connectivity index (χ0n) is 21.6. The van der Waals surface area contributed by atoms with Gasteiger partial charge in [0.15, 0.2) is 0 Å². The Balaban J connectivity index is 1.28. The first kappa shape index (κ1) is 26.9. The van der Waals surface area contributed by atoms with Crippen molar-refractivity contribution in [1.29, 1.82) is 0 Å². The van der Waals surface area contributed by atoms with Gasteiger partial charge < -0.3 is 25.6 Å². The summed E-state index contributed by atoms with van der Waals surface area (Å²) in [5.41, 5.74) is 1.71. The van der Waals surface area contributed by atoms with Gasteiger partial charge in [0.1, 0.15) is 11.5 Å². The lowest BCUT2D eigenvalue weighted by Gasteiger charge is -2.16. The number of urea groups is 1. The molecule has 0 spiro atoms. The lowest BCUT2D eigenvalue weighted by atomic mass is 10.1. The number of ether oxygens (including phenoxy) is 1. The fraction of sp³-hybridized carbons (Fsp3) is 0.290. The number of likely N-dealkylation sites (tertiary alicyclic amines) is 1. The first-order valence-corrected chi connectivity index (χ1v) is 13.3. The summed E-state index contributed by atoms with van der Waals surface area (Å²) in [7, 11) is 0. The van der Waals surface area contributed by atoms with E-state index in [9.17, 15) is 9.59 Å². The standard InChI is InChI=1S/C31H36N4O3/c36-30(32-20-9-23-35-21-7-8-22-35)19-16-27(24-25-10-3-1-4-11-25)34-31(37)33-26-14-17-29(18-15-26)38-28-12-5-2-6-13-28/h1-6,10-19,27H,7-9,20-24H2,(H,32,36)(H2,33,34,37)/b19-16+/t27-/m1/s1. The SMILES string of the molecule is O=C(/C=C/[C@H](Cc1ccccc1)NC(=O)Nc1ccc(Oc2ccccc2)cc1)NCCCN1CCCC1. The Morgan fingerprint density at radius 3 is 2.24 bits per heavy atom. The molecular formula is C31H36N4O3. The van der Waals surface area contributed by atoms with Crippen molar-refractivity contribution in [3.05, 3.63) is 103 Å². The number of nitrogens with zero attached hydrogens (tertiary/aromatic N) is 1. The van der Waals surface area contributed by atoms with Crippen molar-refractivity contribution < 1.29 is 14.3 Å². The van der Waals surface area contributed by atoms with Gasteiger partial charge in [0.25, 0.3) is 0 Å². The van der Waals surface area contributed by atoms with E-state index in [0.29, 0.717) is 24.4 Å². The molecule has 0 aromatic heterocycles. The van der Waals surface area contributed by atoms with Crippen LogP contribution in [0.15, 0.2) is 97.1 Å². The number of carbonyl (C=O) groups excluding carboxylic acids is 2. The van der Waals surface area contributed by atoms with E-state index in [1.807, 2.05) is 60.7 Å². The van der Waals surface area contributed by atoms with Crippen molar-refractivity contribution in [1.82, 2.24) is 15.5 Å². The maximum Gasteiger partial charge on any atom is 0.319 e. The summed E-state index contributed by atoms with van der Waals surface area (Å²) >= 11 is 0. The molecule has 1 heterocycles. The number of amides is 3. The average molecular weight is 513 g/mol. The molecule has 1 aliphatic rings. The van der Waals surface area contributed by atoms with Gasteiger partial charge in [-0.3, -0.25) is 4.79 Å². The number of rotatable bonds is 12. The molecule has 1 atom stereocenters. The van der Waals surface area contributed by atoms with Crippen LogP contribution in [0.2, 0.25) is 0 Å². The van der Waals surface area contributed by atoms with E-state index in [-0.39, 0.29) is 18.0 Å². The van der Waals surface area contributed by atoms with Crippen molar-refractivity contribution in [2.45, 2.75) is 31.7 Å². The van der Waals surface area contributed by atoms with Crippen LogP contribution in [0.3, 0.4) is 0 Å². The van der Waals surface area contributed by atoms with Crippen LogP contribution >= 0.6 is 0 Å². The van der Waals surface area contributed by atoms with E-state index in [1.165, 1.54) is 18.9 Å². The lowest BCUT2D eigenvalue weighted by molar-refractivity contribution is -0.116. The summed E-state index contributed by atoms with van der Waals surface area (Å²) in [6.45, 7) is 3.98. The lowest BCUT2D eigenvalue weighted by Crippen LogP contribution is -2.38. The van der Waals surface area contributed by atoms with Gasteiger partial charge in [-0.1, -0.05) is 54.6 Å². The van der Waals surface area contributed by atoms with Gasteiger partial charge in [0, 0.05) is 18.3 Å². The molecule has 198 valence electrons. The van der Waals surface area contributed by atoms with Crippen molar-refractivity contribution in [3.8, 4) is 11.5 Å². The van der Waals surface area contributed by atoms with Gasteiger partial charge in [-0.2, -0.15) is 0 Å². The Morgan fingerprint density at radius 2 is 1.53 bits per heavy atom. The van der Waals surface area contributed by atoms with E-state index < -0.39 is 0 Å². The minimum atomic E-state index is -0.353. The molecule has 0 bridgehead atoms. The Morgan fingerprint density at radius 1 is 0.868 bits per heavy atom. The zero-order chi connectivity index (χ0) is 26.4. The Bertz CT molecular complexity index is 1160. The van der Waals surface area contributed by atoms with Crippen LogP contribution < -0.4 is 20.7 Å². The predicted molar refractivity (Wildman–Crippen MR) is 151 cm³/mol. The number of benzene rings is 3. The fourth-order valence-electron chi connectivity index (χ4n) is 4.38. The minimum Gasteiger partial charge on any atom is -0.457 e. The molecule has 1 aliphatic heterocycles. The van der Waals surface area contributed by atoms with Gasteiger partial charge in [-0.15, -0.1) is 0 Å². The van der Waals surface area contributed by atoms with Crippen LogP contribution in [0.4, 0.5) is 10.5 Å². The molecule has 1 fully saturated rings. The number of para-hydroxylation sites is 1. The molecule has 0 radical (unpaired) electrons. The van der Waals surface area contributed by atoms with Crippen molar-refractivity contribution in [3.63, 3.8) is 0 Å². The summed E-state index contributed by atoms with van der Waals surface area (Å²) in [4.78, 5) is 27.6. The zero-order valence-corrected chi connectivity index (χ0v) is 21.6. The summed E-state index contributed by atoms with van der Waals surface area (Å²) in [5, 5.41) is 8.78. The largest absolute Gasteiger partial charge is 0.457 e. The molecule has 7 nitrogen and oxygen atoms in total. The maximum atomic E-state index is 12.8. The number of nitrogens with one attached hydrogen (secondary N) is 3. The fourth-order valence-corrected chi connectivity index (χ4v) is 4.38. The molecule has 4 rings (SSSR count). The topological polar surface area (TPSA) is 82.7 Å². The molecule has 3 N–H and O–H groups in total. The van der Waals surface area contributed by atoms with E-state index in [1.54, 1.807) is 30.3 Å². The Labute approximate surface area is 224 Å². The third kappa shape index (κ3) is 9.41. The number of anilines is 1. The highest BCUT2D eigenvalue weighted by Crippen LogP contribution is 2.22. The second-order valence-corrected chi connectivity index (χ2v) is 9.39. The summed E-state index contributed by atoms with van der Waals surface area (Å²) < 4.78 is 5.81. The van der Waals surface area contributed by atoms with Crippen LogP contribution in [0, 0.1) is 0 Å². The number of hydrogen-bond donors (Lipinski definition) is 3. The van der Waals surface area contributed by atoms with Crippen molar-refractivity contribution in [2.24, 2.45) is 0 Å². The highest BCUT2D eigenvalue weighted by atomic mass is 16.5. The molecule has 0 aliphatic carbocycles. The van der Waals surface area contributed by atoms with E-state index >= 15 is 0 Å². The van der Waals surface area contributed by atoms with Gasteiger partial charge in [-0.05, 0) is 87.3 Å². The van der Waals surface area contributed by atoms with Crippen LogP contribution in [0.25, 0.3) is 0 Å². The Kier molecular flexibility index (Phi) is 10.3. The van der Waals surface area contributed by atoms with E-state index in [0.717, 1.165) is 37.4 Å². The molecule has 0 saturated carbocycles. The maximum absolute atomic E-state index is 12.8. The molecule has 0 unspecified atom stereocenters. The van der Waals surface area contributed by atoms with Crippen LogP contribution in [-0.2, 0) is 11.2 Å². The highest BCUT2D eigenvalue weighted by Gasteiger charge is 2.13. The summed E-state index contributed by atoms with van der Waals surface area (Å²) in [5.74, 6) is 1.27.